The van der Waals surface area contributed by atoms with Gasteiger partial charge in [0.15, 0.2) is 0 Å². The van der Waals surface area contributed by atoms with Gasteiger partial charge in [0.05, 0.1) is 5.54 Å². The summed E-state index contributed by atoms with van der Waals surface area (Å²) in [4.78, 5) is 12.1. The number of nitrogens with two attached hydrogens (primary N) is 2. The molecule has 1 saturated carbocycles. The van der Waals surface area contributed by atoms with Crippen molar-refractivity contribution >= 4 is 17.7 Å². The van der Waals surface area contributed by atoms with E-state index in [9.17, 15) is 9.18 Å². The van der Waals surface area contributed by atoms with Gasteiger partial charge in [-0.05, 0) is 43.1 Å². The zero-order valence-corrected chi connectivity index (χ0v) is 11.6. The van der Waals surface area contributed by atoms with E-state index in [4.69, 9.17) is 11.5 Å². The first-order valence-corrected chi connectivity index (χ1v) is 7.48. The summed E-state index contributed by atoms with van der Waals surface area (Å²) < 4.78 is 13.5. The van der Waals surface area contributed by atoms with E-state index in [2.05, 4.69) is 0 Å². The van der Waals surface area contributed by atoms with Crippen LogP contribution in [-0.2, 0) is 4.79 Å². The number of halogens is 1. The molecule has 1 aliphatic carbocycles. The molecule has 19 heavy (non-hydrogen) atoms. The lowest BCUT2D eigenvalue weighted by Crippen LogP contribution is -2.54. The Morgan fingerprint density at radius 1 is 1.47 bits per heavy atom. The Morgan fingerprint density at radius 2 is 2.21 bits per heavy atom. The predicted molar refractivity (Wildman–Crippen MR) is 75.2 cm³/mol. The second kappa shape index (κ2) is 5.92. The number of amides is 1. The van der Waals surface area contributed by atoms with Crippen molar-refractivity contribution in [3.05, 3.63) is 30.1 Å². The monoisotopic (exact) mass is 282 g/mol. The molecule has 4 N–H and O–H groups in total. The smallest absolute Gasteiger partial charge is 0.237 e. The van der Waals surface area contributed by atoms with Crippen LogP contribution >= 0.6 is 11.8 Å². The molecule has 1 aromatic rings. The molecule has 0 aromatic heterocycles. The molecule has 2 rings (SSSR count). The van der Waals surface area contributed by atoms with Gasteiger partial charge in [-0.25, -0.2) is 4.39 Å². The minimum atomic E-state index is -0.865. The minimum Gasteiger partial charge on any atom is -0.368 e. The van der Waals surface area contributed by atoms with Crippen LogP contribution in [-0.4, -0.2) is 17.2 Å². The molecule has 104 valence electrons. The maximum atomic E-state index is 13.5. The van der Waals surface area contributed by atoms with E-state index < -0.39 is 11.4 Å². The molecule has 0 aliphatic heterocycles. The summed E-state index contributed by atoms with van der Waals surface area (Å²) in [6.07, 6.45) is 3.32. The highest BCUT2D eigenvalue weighted by Crippen LogP contribution is 2.37. The number of rotatable bonds is 5. The molecule has 1 aromatic carbocycles. The molecule has 3 nitrogen and oxygen atoms in total. The first-order valence-electron chi connectivity index (χ1n) is 6.50. The van der Waals surface area contributed by atoms with Gasteiger partial charge >= 0.3 is 0 Å². The summed E-state index contributed by atoms with van der Waals surface area (Å²) in [7, 11) is 0. The molecule has 0 heterocycles. The van der Waals surface area contributed by atoms with E-state index >= 15 is 0 Å². The van der Waals surface area contributed by atoms with Crippen molar-refractivity contribution in [1.82, 2.24) is 0 Å². The highest BCUT2D eigenvalue weighted by Gasteiger charge is 2.43. The van der Waals surface area contributed by atoms with Crippen LogP contribution in [0.3, 0.4) is 0 Å². The number of primary amides is 1. The van der Waals surface area contributed by atoms with E-state index in [0.29, 0.717) is 11.3 Å². The third kappa shape index (κ3) is 3.09. The van der Waals surface area contributed by atoms with Gasteiger partial charge in [-0.2, -0.15) is 0 Å². The van der Waals surface area contributed by atoms with Gasteiger partial charge in [-0.15, -0.1) is 11.8 Å². The zero-order valence-electron chi connectivity index (χ0n) is 10.8. The average Bonchev–Trinajstić information content (AvgIpc) is 2.75. The normalized spacial score (nSPS) is 26.5. The Hall–Kier alpha value is -1.07. The van der Waals surface area contributed by atoms with Crippen LogP contribution in [0.4, 0.5) is 4.39 Å². The Bertz CT molecular complexity index is 469. The second-order valence-electron chi connectivity index (χ2n) is 5.06. The number of carbonyl (C=O) groups is 1. The predicted octanol–water partition coefficient (Wildman–Crippen LogP) is 2.29. The number of thioether (sulfide) groups is 1. The van der Waals surface area contributed by atoms with Crippen molar-refractivity contribution in [2.45, 2.75) is 36.1 Å². The van der Waals surface area contributed by atoms with E-state index in [-0.39, 0.29) is 11.7 Å². The molecule has 1 fully saturated rings. The Kier molecular flexibility index (Phi) is 4.47. The van der Waals surface area contributed by atoms with Gasteiger partial charge in [0.25, 0.3) is 0 Å². The third-order valence-electron chi connectivity index (χ3n) is 3.89. The number of benzene rings is 1. The van der Waals surface area contributed by atoms with Crippen LogP contribution in [0.5, 0.6) is 0 Å². The summed E-state index contributed by atoms with van der Waals surface area (Å²) in [5.74, 6) is 0.251. The van der Waals surface area contributed by atoms with Crippen LogP contribution < -0.4 is 11.5 Å². The lowest BCUT2D eigenvalue weighted by atomic mass is 9.85. The van der Waals surface area contributed by atoms with Crippen LogP contribution in [0.1, 0.15) is 25.7 Å². The molecule has 0 radical (unpaired) electrons. The van der Waals surface area contributed by atoms with Crippen LogP contribution in [0.2, 0.25) is 0 Å². The fraction of sp³-hybridized carbons (Fsp3) is 0.500. The standard InChI is InChI=1S/C14H19FN2OS/c15-11-5-1-2-6-12(11)19-9-7-10-4-3-8-14(10,17)13(16)18/h1-2,5-6,10H,3-4,7-9,17H2,(H2,16,18). The molecule has 2 unspecified atom stereocenters. The van der Waals surface area contributed by atoms with E-state index in [1.165, 1.54) is 17.8 Å². The lowest BCUT2D eigenvalue weighted by Gasteiger charge is -2.27. The SMILES string of the molecule is NC(=O)C1(N)CCCC1CCSc1ccccc1F. The molecule has 1 amide bonds. The van der Waals surface area contributed by atoms with E-state index in [1.807, 2.05) is 6.07 Å². The summed E-state index contributed by atoms with van der Waals surface area (Å²) >= 11 is 1.46. The van der Waals surface area contributed by atoms with Gasteiger partial charge in [0, 0.05) is 4.90 Å². The minimum absolute atomic E-state index is 0.115. The molecular formula is C14H19FN2OS. The van der Waals surface area contributed by atoms with E-state index in [1.54, 1.807) is 12.1 Å². The topological polar surface area (TPSA) is 69.1 Å². The second-order valence-corrected chi connectivity index (χ2v) is 6.20. The summed E-state index contributed by atoms with van der Waals surface area (Å²) in [5.41, 5.74) is 10.6. The molecule has 0 saturated heterocycles. The van der Waals surface area contributed by atoms with Gasteiger partial charge in [-0.3, -0.25) is 4.79 Å². The first-order chi connectivity index (χ1) is 9.04. The van der Waals surface area contributed by atoms with Crippen LogP contribution in [0.15, 0.2) is 29.2 Å². The molecular weight excluding hydrogens is 263 g/mol. The molecule has 0 bridgehead atoms. The average molecular weight is 282 g/mol. The Morgan fingerprint density at radius 3 is 2.89 bits per heavy atom. The maximum absolute atomic E-state index is 13.5. The highest BCUT2D eigenvalue weighted by molar-refractivity contribution is 7.99. The Balaban J connectivity index is 1.89. The number of carbonyl (C=O) groups excluding carboxylic acids is 1. The van der Waals surface area contributed by atoms with Crippen molar-refractivity contribution in [2.75, 3.05) is 5.75 Å². The summed E-state index contributed by atoms with van der Waals surface area (Å²) in [5, 5.41) is 0. The zero-order chi connectivity index (χ0) is 13.9. The summed E-state index contributed by atoms with van der Waals surface area (Å²) in [6, 6.07) is 6.71. The molecule has 5 heteroatoms. The molecule has 0 spiro atoms. The first kappa shape index (κ1) is 14.3. The van der Waals surface area contributed by atoms with Crippen molar-refractivity contribution < 1.29 is 9.18 Å². The lowest BCUT2D eigenvalue weighted by molar-refractivity contribution is -0.124. The van der Waals surface area contributed by atoms with Crippen LogP contribution in [0, 0.1) is 11.7 Å². The van der Waals surface area contributed by atoms with Crippen molar-refractivity contribution in [3.63, 3.8) is 0 Å². The largest absolute Gasteiger partial charge is 0.368 e. The Labute approximate surface area is 116 Å². The van der Waals surface area contributed by atoms with Gasteiger partial charge in [0.2, 0.25) is 5.91 Å². The van der Waals surface area contributed by atoms with Gasteiger partial charge in [0.1, 0.15) is 5.82 Å². The molecule has 2 atom stereocenters. The maximum Gasteiger partial charge on any atom is 0.237 e. The van der Waals surface area contributed by atoms with Crippen molar-refractivity contribution in [2.24, 2.45) is 17.4 Å². The third-order valence-corrected chi connectivity index (χ3v) is 4.97. The van der Waals surface area contributed by atoms with Crippen LogP contribution in [0.25, 0.3) is 0 Å². The fourth-order valence-corrected chi connectivity index (χ4v) is 3.70. The van der Waals surface area contributed by atoms with E-state index in [0.717, 1.165) is 25.0 Å². The van der Waals surface area contributed by atoms with Crippen molar-refractivity contribution in [3.8, 4) is 0 Å². The number of hydrogen-bond acceptors (Lipinski definition) is 3. The quantitative estimate of drug-likeness (QED) is 0.814. The molecule has 1 aliphatic rings. The highest BCUT2D eigenvalue weighted by atomic mass is 32.2. The van der Waals surface area contributed by atoms with Crippen molar-refractivity contribution in [1.29, 1.82) is 0 Å². The van der Waals surface area contributed by atoms with Gasteiger partial charge < -0.3 is 11.5 Å². The van der Waals surface area contributed by atoms with Gasteiger partial charge in [-0.1, -0.05) is 18.6 Å². The fourth-order valence-electron chi connectivity index (χ4n) is 2.70. The summed E-state index contributed by atoms with van der Waals surface area (Å²) in [6.45, 7) is 0. The number of hydrogen-bond donors (Lipinski definition) is 2.